The van der Waals surface area contributed by atoms with Crippen molar-refractivity contribution in [3.63, 3.8) is 0 Å². The molecule has 1 atom stereocenters. The van der Waals surface area contributed by atoms with Crippen LogP contribution in [0.5, 0.6) is 0 Å². The summed E-state index contributed by atoms with van der Waals surface area (Å²) in [5, 5.41) is 1.52. The number of hydrogen-bond donors (Lipinski definition) is 1. The van der Waals surface area contributed by atoms with Gasteiger partial charge in [0.15, 0.2) is 0 Å². The van der Waals surface area contributed by atoms with Crippen LogP contribution in [0.2, 0.25) is 0 Å². The molecular weight excluding hydrogens is 268 g/mol. The molecule has 92 valence electrons. The van der Waals surface area contributed by atoms with E-state index >= 15 is 0 Å². The first-order valence-corrected chi connectivity index (χ1v) is 6.81. The number of nitrogens with zero attached hydrogens (tertiary/aromatic N) is 1. The molecule has 0 aliphatic carbocycles. The van der Waals surface area contributed by atoms with Crippen LogP contribution < -0.4 is 5.73 Å². The van der Waals surface area contributed by atoms with E-state index in [0.717, 1.165) is 0 Å². The summed E-state index contributed by atoms with van der Waals surface area (Å²) in [6.45, 7) is -0.560. The van der Waals surface area contributed by atoms with E-state index < -0.39 is 18.9 Å². The molecule has 0 aromatic carbocycles. The van der Waals surface area contributed by atoms with Crippen molar-refractivity contribution < 1.29 is 23.9 Å². The van der Waals surface area contributed by atoms with Crippen LogP contribution in [0.1, 0.15) is 6.42 Å². The summed E-state index contributed by atoms with van der Waals surface area (Å²) in [7, 11) is 2.86. The molecule has 2 heterocycles. The fourth-order valence-corrected chi connectivity index (χ4v) is 3.61. The van der Waals surface area contributed by atoms with Crippen molar-refractivity contribution in [1.82, 2.24) is 4.90 Å². The molecule has 0 radical (unpaired) electrons. The summed E-state index contributed by atoms with van der Waals surface area (Å²) in [6.07, 6.45) is -0.613. The Morgan fingerprint density at radius 1 is 1.53 bits per heavy atom. The van der Waals surface area contributed by atoms with Crippen molar-refractivity contribution in [2.45, 2.75) is 11.8 Å². The highest BCUT2D eigenvalue weighted by Gasteiger charge is 2.44. The first kappa shape index (κ1) is 12.1. The monoisotopic (exact) mass is 276 g/mol. The zero-order chi connectivity index (χ0) is 12.4. The first-order valence-electron chi connectivity index (χ1n) is 4.53. The zero-order valence-electron chi connectivity index (χ0n) is 8.45. The number of amides is 2. The number of primary amides is 1. The van der Waals surface area contributed by atoms with E-state index in [1.54, 1.807) is 0 Å². The van der Waals surface area contributed by atoms with Gasteiger partial charge in [0.25, 0.3) is 0 Å². The zero-order valence-corrected chi connectivity index (χ0v) is 10.1. The van der Waals surface area contributed by atoms with Crippen LogP contribution in [-0.2, 0) is 19.1 Å². The minimum absolute atomic E-state index is 0.0166. The lowest BCUT2D eigenvalue weighted by Gasteiger charge is -2.41. The summed E-state index contributed by atoms with van der Waals surface area (Å²) in [4.78, 5) is 34.5. The third kappa shape index (κ3) is 2.50. The van der Waals surface area contributed by atoms with Crippen LogP contribution in [0.4, 0.5) is 4.79 Å². The molecule has 0 aromatic rings. The summed E-state index contributed by atoms with van der Waals surface area (Å²) in [6, 6.07) is 0. The number of hydrogen-bond acceptors (Lipinski definition) is 7. The largest absolute Gasteiger partial charge is 0.423 e. The van der Waals surface area contributed by atoms with Crippen LogP contribution >= 0.6 is 21.6 Å². The van der Waals surface area contributed by atoms with Crippen LogP contribution in [-0.4, -0.2) is 35.0 Å². The second kappa shape index (κ2) is 4.88. The van der Waals surface area contributed by atoms with Gasteiger partial charge in [0.05, 0.1) is 6.42 Å². The van der Waals surface area contributed by atoms with Gasteiger partial charge in [-0.05, 0) is 0 Å². The van der Waals surface area contributed by atoms with Gasteiger partial charge in [-0.2, -0.15) is 0 Å². The molecule has 0 unspecified atom stereocenters. The lowest BCUT2D eigenvalue weighted by atomic mass is 10.2. The van der Waals surface area contributed by atoms with Gasteiger partial charge in [-0.1, -0.05) is 21.6 Å². The van der Waals surface area contributed by atoms with Gasteiger partial charge in [0.1, 0.15) is 11.1 Å². The molecule has 2 aliphatic rings. The summed E-state index contributed by atoms with van der Waals surface area (Å²) >= 11 is 0. The van der Waals surface area contributed by atoms with Gasteiger partial charge < -0.3 is 15.2 Å². The fraction of sp³-hybridized carbons (Fsp3) is 0.375. The number of carbonyl (C=O) groups excluding carboxylic acids is 3. The molecule has 0 spiro atoms. The standard InChI is InChI=1S/C8H8N2O5S2/c9-8(13)15-3-14-7(12)4-2-16-17-6-1-5(11)10(4)6/h2,6H,1,3H2,(H2,9,13)/t6-/m1/s1. The Hall–Kier alpha value is -1.35. The topological polar surface area (TPSA) is 98.9 Å². The molecule has 0 bridgehead atoms. The van der Waals surface area contributed by atoms with E-state index in [1.165, 1.54) is 31.9 Å². The van der Waals surface area contributed by atoms with Crippen molar-refractivity contribution in [3.05, 3.63) is 11.1 Å². The second-order valence-electron chi connectivity index (χ2n) is 3.13. The van der Waals surface area contributed by atoms with Gasteiger partial charge in [0.2, 0.25) is 12.7 Å². The van der Waals surface area contributed by atoms with E-state index in [-0.39, 0.29) is 17.0 Å². The smallest absolute Gasteiger partial charge is 0.407 e. The number of esters is 1. The maximum atomic E-state index is 11.6. The molecule has 0 aromatic heterocycles. The van der Waals surface area contributed by atoms with Gasteiger partial charge in [-0.3, -0.25) is 9.69 Å². The van der Waals surface area contributed by atoms with Gasteiger partial charge in [-0.15, -0.1) is 0 Å². The van der Waals surface area contributed by atoms with Crippen LogP contribution in [0.25, 0.3) is 0 Å². The van der Waals surface area contributed by atoms with E-state index in [0.29, 0.717) is 6.42 Å². The molecule has 0 saturated carbocycles. The Bertz CT molecular complexity index is 411. The quantitative estimate of drug-likeness (QED) is 0.344. The van der Waals surface area contributed by atoms with E-state index in [4.69, 9.17) is 5.73 Å². The Morgan fingerprint density at radius 3 is 2.94 bits per heavy atom. The van der Waals surface area contributed by atoms with E-state index in [1.807, 2.05) is 0 Å². The maximum Gasteiger partial charge on any atom is 0.407 e. The molecule has 7 nitrogen and oxygen atoms in total. The summed E-state index contributed by atoms with van der Waals surface area (Å²) in [5.74, 6) is -0.834. The average Bonchev–Trinajstić information content (AvgIpc) is 2.26. The second-order valence-corrected chi connectivity index (χ2v) is 5.45. The van der Waals surface area contributed by atoms with Crippen LogP contribution in [0, 0.1) is 0 Å². The number of β-lactam (4-membered cyclic amide) rings is 1. The van der Waals surface area contributed by atoms with Crippen molar-refractivity contribution >= 4 is 39.6 Å². The van der Waals surface area contributed by atoms with Crippen molar-refractivity contribution in [1.29, 1.82) is 0 Å². The number of nitrogens with two attached hydrogens (primary N) is 1. The van der Waals surface area contributed by atoms with E-state index in [2.05, 4.69) is 9.47 Å². The first-order chi connectivity index (χ1) is 8.09. The Labute approximate surface area is 104 Å². The van der Waals surface area contributed by atoms with Crippen LogP contribution in [0.3, 0.4) is 0 Å². The minimum Gasteiger partial charge on any atom is -0.423 e. The lowest BCUT2D eigenvalue weighted by Crippen LogP contribution is -2.52. The van der Waals surface area contributed by atoms with Crippen LogP contribution in [0.15, 0.2) is 11.1 Å². The third-order valence-electron chi connectivity index (χ3n) is 2.09. The minimum atomic E-state index is -1.03. The Morgan fingerprint density at radius 2 is 2.29 bits per heavy atom. The van der Waals surface area contributed by atoms with E-state index in [9.17, 15) is 14.4 Å². The van der Waals surface area contributed by atoms with Crippen molar-refractivity contribution in [2.24, 2.45) is 5.73 Å². The highest BCUT2D eigenvalue weighted by molar-refractivity contribution is 8.78. The summed E-state index contributed by atoms with van der Waals surface area (Å²) < 4.78 is 8.91. The number of fused-ring (bicyclic) bond motifs is 1. The SMILES string of the molecule is NC(=O)OCOC(=O)C1=CSS[C@@H]2CC(=O)N12. The molecule has 17 heavy (non-hydrogen) atoms. The maximum absolute atomic E-state index is 11.6. The number of rotatable bonds is 3. The van der Waals surface area contributed by atoms with Crippen molar-refractivity contribution in [3.8, 4) is 0 Å². The highest BCUT2D eigenvalue weighted by atomic mass is 33.1. The fourth-order valence-electron chi connectivity index (χ4n) is 1.31. The molecule has 2 amide bonds. The van der Waals surface area contributed by atoms with Gasteiger partial charge in [-0.25, -0.2) is 9.59 Å². The van der Waals surface area contributed by atoms with Gasteiger partial charge >= 0.3 is 12.1 Å². The predicted molar refractivity (Wildman–Crippen MR) is 60.1 cm³/mol. The van der Waals surface area contributed by atoms with Crippen molar-refractivity contribution in [2.75, 3.05) is 6.79 Å². The molecule has 2 aliphatic heterocycles. The molecule has 2 N–H and O–H groups in total. The molecular formula is C8H8N2O5S2. The summed E-state index contributed by atoms with van der Waals surface area (Å²) in [5.41, 5.74) is 4.87. The highest BCUT2D eigenvalue weighted by Crippen LogP contribution is 2.45. The normalized spacial score (nSPS) is 22.1. The average molecular weight is 276 g/mol. The number of ether oxygens (including phenoxy) is 2. The number of carbonyl (C=O) groups is 3. The third-order valence-corrected chi connectivity index (χ3v) is 4.41. The Kier molecular flexibility index (Phi) is 3.48. The molecule has 1 fully saturated rings. The lowest BCUT2D eigenvalue weighted by molar-refractivity contribution is -0.154. The molecule has 1 saturated heterocycles. The van der Waals surface area contributed by atoms with Gasteiger partial charge in [0, 0.05) is 5.41 Å². The molecule has 2 rings (SSSR count). The Balaban J connectivity index is 1.92. The predicted octanol–water partition coefficient (Wildman–Crippen LogP) is 0.377. The molecule has 9 heteroatoms.